The fraction of sp³-hybridized carbons (Fsp3) is 0.375. The molecule has 1 aliphatic carbocycles. The SMILES string of the molecule is Cc1[nH]ncc1-c1ccc(C2(C#N)CCCC2)cc1. The molecular formula is C16H17N3. The lowest BCUT2D eigenvalue weighted by Crippen LogP contribution is -2.18. The summed E-state index contributed by atoms with van der Waals surface area (Å²) in [6, 6.07) is 11.0. The van der Waals surface area contributed by atoms with Gasteiger partial charge in [0.1, 0.15) is 0 Å². The first kappa shape index (κ1) is 12.0. The molecule has 19 heavy (non-hydrogen) atoms. The van der Waals surface area contributed by atoms with Crippen LogP contribution >= 0.6 is 0 Å². The lowest BCUT2D eigenvalue weighted by atomic mass is 9.80. The van der Waals surface area contributed by atoms with Gasteiger partial charge in [-0.2, -0.15) is 10.4 Å². The molecule has 3 nitrogen and oxygen atoms in total. The Hall–Kier alpha value is -2.08. The predicted octanol–water partition coefficient (Wildman–Crippen LogP) is 3.72. The number of aromatic nitrogens is 2. The lowest BCUT2D eigenvalue weighted by molar-refractivity contribution is 0.573. The second-order valence-corrected chi connectivity index (χ2v) is 5.39. The van der Waals surface area contributed by atoms with Crippen molar-refractivity contribution < 1.29 is 0 Å². The molecule has 0 saturated heterocycles. The third-order valence-electron chi connectivity index (χ3n) is 4.25. The van der Waals surface area contributed by atoms with Crippen LogP contribution in [0.2, 0.25) is 0 Å². The van der Waals surface area contributed by atoms with Crippen molar-refractivity contribution in [2.24, 2.45) is 0 Å². The molecule has 0 aliphatic heterocycles. The van der Waals surface area contributed by atoms with Crippen LogP contribution < -0.4 is 0 Å². The van der Waals surface area contributed by atoms with E-state index in [9.17, 15) is 5.26 Å². The zero-order chi connectivity index (χ0) is 13.3. The highest BCUT2D eigenvalue weighted by Gasteiger charge is 2.35. The van der Waals surface area contributed by atoms with Crippen LogP contribution in [0.15, 0.2) is 30.5 Å². The van der Waals surface area contributed by atoms with Crippen molar-refractivity contribution in [1.82, 2.24) is 10.2 Å². The van der Waals surface area contributed by atoms with E-state index in [2.05, 4.69) is 40.5 Å². The van der Waals surface area contributed by atoms with Crippen LogP contribution in [0.3, 0.4) is 0 Å². The monoisotopic (exact) mass is 251 g/mol. The number of hydrogen-bond donors (Lipinski definition) is 1. The molecule has 1 aromatic heterocycles. The van der Waals surface area contributed by atoms with Gasteiger partial charge in [0.2, 0.25) is 0 Å². The first-order chi connectivity index (χ1) is 9.25. The smallest absolute Gasteiger partial charge is 0.0822 e. The fourth-order valence-corrected chi connectivity index (χ4v) is 3.05. The van der Waals surface area contributed by atoms with E-state index in [1.165, 1.54) is 0 Å². The van der Waals surface area contributed by atoms with E-state index in [1.54, 1.807) is 0 Å². The summed E-state index contributed by atoms with van der Waals surface area (Å²) in [5.74, 6) is 0. The Morgan fingerprint density at radius 2 is 1.89 bits per heavy atom. The number of rotatable bonds is 2. The van der Waals surface area contributed by atoms with Gasteiger partial charge in [0.05, 0.1) is 17.7 Å². The average Bonchev–Trinajstić information content (AvgIpc) is 3.08. The molecule has 1 aromatic carbocycles. The summed E-state index contributed by atoms with van der Waals surface area (Å²) in [6.45, 7) is 2.02. The third kappa shape index (κ3) is 1.94. The van der Waals surface area contributed by atoms with Gasteiger partial charge in [0.15, 0.2) is 0 Å². The van der Waals surface area contributed by atoms with Crippen LogP contribution in [0.5, 0.6) is 0 Å². The maximum absolute atomic E-state index is 9.50. The number of nitrogens with one attached hydrogen (secondary N) is 1. The van der Waals surface area contributed by atoms with E-state index in [0.29, 0.717) is 0 Å². The van der Waals surface area contributed by atoms with E-state index >= 15 is 0 Å². The first-order valence-electron chi connectivity index (χ1n) is 6.77. The van der Waals surface area contributed by atoms with E-state index in [-0.39, 0.29) is 5.41 Å². The molecule has 0 unspecified atom stereocenters. The maximum atomic E-state index is 9.50. The van der Waals surface area contributed by atoms with Crippen molar-refractivity contribution in [3.05, 3.63) is 41.7 Å². The highest BCUT2D eigenvalue weighted by molar-refractivity contribution is 5.65. The van der Waals surface area contributed by atoms with Crippen LogP contribution in [0, 0.1) is 18.3 Å². The van der Waals surface area contributed by atoms with Crippen LogP contribution in [0.4, 0.5) is 0 Å². The molecule has 96 valence electrons. The molecule has 0 atom stereocenters. The van der Waals surface area contributed by atoms with Gasteiger partial charge in [-0.05, 0) is 30.9 Å². The summed E-state index contributed by atoms with van der Waals surface area (Å²) >= 11 is 0. The molecule has 0 amide bonds. The van der Waals surface area contributed by atoms with E-state index in [1.807, 2.05) is 13.1 Å². The van der Waals surface area contributed by atoms with E-state index in [0.717, 1.165) is 48.1 Å². The normalized spacial score (nSPS) is 17.3. The number of H-pyrrole nitrogens is 1. The Morgan fingerprint density at radius 3 is 2.42 bits per heavy atom. The summed E-state index contributed by atoms with van der Waals surface area (Å²) < 4.78 is 0. The Bertz CT molecular complexity index is 610. The molecule has 0 radical (unpaired) electrons. The molecule has 3 heteroatoms. The molecule has 1 aliphatic rings. The number of benzene rings is 1. The van der Waals surface area contributed by atoms with Crippen molar-refractivity contribution in [2.75, 3.05) is 0 Å². The Morgan fingerprint density at radius 1 is 1.21 bits per heavy atom. The van der Waals surface area contributed by atoms with Gasteiger partial charge in [0.25, 0.3) is 0 Å². The van der Waals surface area contributed by atoms with Crippen LogP contribution in [-0.2, 0) is 5.41 Å². The first-order valence-corrected chi connectivity index (χ1v) is 6.77. The Kier molecular flexibility index (Phi) is 2.87. The van der Waals surface area contributed by atoms with Gasteiger partial charge in [-0.15, -0.1) is 0 Å². The summed E-state index contributed by atoms with van der Waals surface area (Å²) in [4.78, 5) is 0. The molecule has 2 aromatic rings. The highest BCUT2D eigenvalue weighted by Crippen LogP contribution is 2.41. The summed E-state index contributed by atoms with van der Waals surface area (Å²) in [5.41, 5.74) is 4.27. The number of nitrogens with zero attached hydrogens (tertiary/aromatic N) is 2. The van der Waals surface area contributed by atoms with Crippen LogP contribution in [0.1, 0.15) is 36.9 Å². The maximum Gasteiger partial charge on any atom is 0.0822 e. The third-order valence-corrected chi connectivity index (χ3v) is 4.25. The van der Waals surface area contributed by atoms with Gasteiger partial charge in [-0.1, -0.05) is 37.1 Å². The van der Waals surface area contributed by atoms with Gasteiger partial charge in [0, 0.05) is 11.3 Å². The molecule has 0 spiro atoms. The number of nitriles is 1. The second kappa shape index (κ2) is 4.55. The summed E-state index contributed by atoms with van der Waals surface area (Å²) in [6.07, 6.45) is 6.16. The fourth-order valence-electron chi connectivity index (χ4n) is 3.05. The highest BCUT2D eigenvalue weighted by atomic mass is 15.1. The zero-order valence-electron chi connectivity index (χ0n) is 11.1. The molecule has 0 bridgehead atoms. The van der Waals surface area contributed by atoms with Crippen molar-refractivity contribution in [3.8, 4) is 17.2 Å². The largest absolute Gasteiger partial charge is 0.282 e. The van der Waals surface area contributed by atoms with E-state index < -0.39 is 0 Å². The van der Waals surface area contributed by atoms with Crippen molar-refractivity contribution in [3.63, 3.8) is 0 Å². The molecular weight excluding hydrogens is 234 g/mol. The molecule has 1 N–H and O–H groups in total. The van der Waals surface area contributed by atoms with Crippen LogP contribution in [0.25, 0.3) is 11.1 Å². The minimum absolute atomic E-state index is 0.246. The average molecular weight is 251 g/mol. The van der Waals surface area contributed by atoms with Crippen molar-refractivity contribution in [2.45, 2.75) is 38.0 Å². The van der Waals surface area contributed by atoms with Crippen molar-refractivity contribution in [1.29, 1.82) is 5.26 Å². The molecule has 1 fully saturated rings. The standard InChI is InChI=1S/C16H17N3/c1-12-15(10-18-19-12)13-4-6-14(7-5-13)16(11-17)8-2-3-9-16/h4-7,10H,2-3,8-9H2,1H3,(H,18,19). The Labute approximate surface area is 113 Å². The van der Waals surface area contributed by atoms with Crippen molar-refractivity contribution >= 4 is 0 Å². The second-order valence-electron chi connectivity index (χ2n) is 5.39. The molecule has 1 heterocycles. The van der Waals surface area contributed by atoms with Gasteiger partial charge in [-0.25, -0.2) is 0 Å². The number of aryl methyl sites for hydroxylation is 1. The quantitative estimate of drug-likeness (QED) is 0.884. The summed E-state index contributed by atoms with van der Waals surface area (Å²) in [7, 11) is 0. The Balaban J connectivity index is 1.96. The summed E-state index contributed by atoms with van der Waals surface area (Å²) in [5, 5.41) is 16.5. The topological polar surface area (TPSA) is 52.5 Å². The zero-order valence-corrected chi connectivity index (χ0v) is 11.1. The molecule has 3 rings (SSSR count). The minimum Gasteiger partial charge on any atom is -0.282 e. The van der Waals surface area contributed by atoms with Gasteiger partial charge >= 0.3 is 0 Å². The number of hydrogen-bond acceptors (Lipinski definition) is 2. The predicted molar refractivity (Wildman–Crippen MR) is 74.5 cm³/mol. The van der Waals surface area contributed by atoms with E-state index in [4.69, 9.17) is 0 Å². The lowest BCUT2D eigenvalue weighted by Gasteiger charge is -2.20. The van der Waals surface area contributed by atoms with Gasteiger partial charge in [-0.3, -0.25) is 5.10 Å². The molecule has 1 saturated carbocycles. The van der Waals surface area contributed by atoms with Crippen LogP contribution in [-0.4, -0.2) is 10.2 Å². The van der Waals surface area contributed by atoms with Gasteiger partial charge < -0.3 is 0 Å². The number of aromatic amines is 1. The minimum atomic E-state index is -0.246.